The standard InChI is InChI=1S/C14H20FNO2/c1-3-14(4-2,10-17)16-13(18)9-11-7-5-6-8-12(11)15/h5-8,17H,3-4,9-10H2,1-2H3,(H,16,18). The van der Waals surface area contributed by atoms with E-state index in [0.29, 0.717) is 18.4 Å². The number of nitrogens with one attached hydrogen (secondary N) is 1. The molecule has 0 radical (unpaired) electrons. The molecule has 3 nitrogen and oxygen atoms in total. The van der Waals surface area contributed by atoms with E-state index in [9.17, 15) is 14.3 Å². The number of aliphatic hydroxyl groups is 1. The molecule has 0 fully saturated rings. The molecule has 1 aromatic carbocycles. The van der Waals surface area contributed by atoms with Gasteiger partial charge in [-0.1, -0.05) is 32.0 Å². The van der Waals surface area contributed by atoms with Gasteiger partial charge < -0.3 is 10.4 Å². The third-order valence-electron chi connectivity index (χ3n) is 3.37. The van der Waals surface area contributed by atoms with Crippen molar-refractivity contribution in [1.29, 1.82) is 0 Å². The summed E-state index contributed by atoms with van der Waals surface area (Å²) in [5.74, 6) is -0.645. The molecule has 1 aromatic rings. The van der Waals surface area contributed by atoms with E-state index in [2.05, 4.69) is 5.32 Å². The van der Waals surface area contributed by atoms with Crippen molar-refractivity contribution in [2.24, 2.45) is 0 Å². The highest BCUT2D eigenvalue weighted by molar-refractivity contribution is 5.79. The lowest BCUT2D eigenvalue weighted by molar-refractivity contribution is -0.123. The first-order valence-corrected chi connectivity index (χ1v) is 6.22. The Morgan fingerprint density at radius 1 is 1.33 bits per heavy atom. The van der Waals surface area contributed by atoms with Gasteiger partial charge in [0.15, 0.2) is 0 Å². The molecular formula is C14H20FNO2. The number of rotatable bonds is 6. The van der Waals surface area contributed by atoms with Crippen molar-refractivity contribution in [3.8, 4) is 0 Å². The van der Waals surface area contributed by atoms with Crippen molar-refractivity contribution in [1.82, 2.24) is 5.32 Å². The van der Waals surface area contributed by atoms with Crippen LogP contribution >= 0.6 is 0 Å². The fourth-order valence-corrected chi connectivity index (χ4v) is 1.84. The fraction of sp³-hybridized carbons (Fsp3) is 0.500. The Morgan fingerprint density at radius 3 is 2.44 bits per heavy atom. The van der Waals surface area contributed by atoms with Gasteiger partial charge in [0.1, 0.15) is 5.82 Å². The van der Waals surface area contributed by atoms with Crippen LogP contribution in [0.3, 0.4) is 0 Å². The topological polar surface area (TPSA) is 49.3 Å². The first kappa shape index (κ1) is 14.6. The first-order valence-electron chi connectivity index (χ1n) is 6.22. The smallest absolute Gasteiger partial charge is 0.225 e. The summed E-state index contributed by atoms with van der Waals surface area (Å²) in [5.41, 5.74) is -0.225. The van der Waals surface area contributed by atoms with Crippen LogP contribution in [0, 0.1) is 5.82 Å². The summed E-state index contributed by atoms with van der Waals surface area (Å²) in [6.45, 7) is 3.70. The minimum atomic E-state index is -0.595. The molecule has 0 bridgehead atoms. The third kappa shape index (κ3) is 3.53. The quantitative estimate of drug-likeness (QED) is 0.815. The lowest BCUT2D eigenvalue weighted by atomic mass is 9.93. The molecule has 0 aliphatic carbocycles. The van der Waals surface area contributed by atoms with Crippen molar-refractivity contribution < 1.29 is 14.3 Å². The molecule has 0 aliphatic heterocycles. The molecule has 0 aromatic heterocycles. The van der Waals surface area contributed by atoms with Crippen LogP contribution < -0.4 is 5.32 Å². The highest BCUT2D eigenvalue weighted by atomic mass is 19.1. The van der Waals surface area contributed by atoms with Crippen LogP contribution in [0.1, 0.15) is 32.3 Å². The predicted octanol–water partition coefficient (Wildman–Crippen LogP) is 2.04. The Bertz CT molecular complexity index is 394. The van der Waals surface area contributed by atoms with Crippen LogP contribution in [0.15, 0.2) is 24.3 Å². The van der Waals surface area contributed by atoms with E-state index in [1.807, 2.05) is 13.8 Å². The normalized spacial score (nSPS) is 11.3. The minimum Gasteiger partial charge on any atom is -0.394 e. The summed E-state index contributed by atoms with van der Waals surface area (Å²) in [6, 6.07) is 6.21. The van der Waals surface area contributed by atoms with Crippen molar-refractivity contribution in [3.05, 3.63) is 35.6 Å². The van der Waals surface area contributed by atoms with Crippen molar-refractivity contribution in [2.45, 2.75) is 38.6 Å². The van der Waals surface area contributed by atoms with E-state index in [1.54, 1.807) is 18.2 Å². The zero-order chi connectivity index (χ0) is 13.6. The second-order valence-corrected chi connectivity index (χ2v) is 4.46. The van der Waals surface area contributed by atoms with Gasteiger partial charge in [0.2, 0.25) is 5.91 Å². The number of carbonyl (C=O) groups excluding carboxylic acids is 1. The number of halogens is 1. The van der Waals surface area contributed by atoms with E-state index in [0.717, 1.165) is 0 Å². The van der Waals surface area contributed by atoms with Gasteiger partial charge in [0.25, 0.3) is 0 Å². The summed E-state index contributed by atoms with van der Waals surface area (Å²) in [7, 11) is 0. The van der Waals surface area contributed by atoms with Crippen molar-refractivity contribution >= 4 is 5.91 Å². The molecule has 0 unspecified atom stereocenters. The minimum absolute atomic E-state index is 0.00553. The van der Waals surface area contributed by atoms with Gasteiger partial charge >= 0.3 is 0 Å². The molecule has 1 amide bonds. The van der Waals surface area contributed by atoms with Crippen molar-refractivity contribution in [2.75, 3.05) is 6.61 Å². The van der Waals surface area contributed by atoms with Gasteiger partial charge in [-0.3, -0.25) is 4.79 Å². The lowest BCUT2D eigenvalue weighted by Gasteiger charge is -2.30. The van der Waals surface area contributed by atoms with Crippen molar-refractivity contribution in [3.63, 3.8) is 0 Å². The molecule has 0 aliphatic rings. The average Bonchev–Trinajstić information content (AvgIpc) is 2.39. The number of aliphatic hydroxyl groups excluding tert-OH is 1. The Labute approximate surface area is 107 Å². The molecule has 2 N–H and O–H groups in total. The van der Waals surface area contributed by atoms with Gasteiger partial charge in [-0.15, -0.1) is 0 Å². The van der Waals surface area contributed by atoms with E-state index in [-0.39, 0.29) is 24.8 Å². The lowest BCUT2D eigenvalue weighted by Crippen LogP contribution is -2.51. The molecule has 18 heavy (non-hydrogen) atoms. The second kappa shape index (κ2) is 6.50. The van der Waals surface area contributed by atoms with Gasteiger partial charge in [-0.2, -0.15) is 0 Å². The SMILES string of the molecule is CCC(CC)(CO)NC(=O)Cc1ccccc1F. The number of hydrogen-bond acceptors (Lipinski definition) is 2. The number of amides is 1. The first-order chi connectivity index (χ1) is 8.56. The molecule has 0 spiro atoms. The van der Waals surface area contributed by atoms with Crippen LogP contribution in [0.4, 0.5) is 4.39 Å². The van der Waals surface area contributed by atoms with Crippen LogP contribution in [-0.4, -0.2) is 23.2 Å². The Hall–Kier alpha value is -1.42. The summed E-state index contributed by atoms with van der Waals surface area (Å²) in [6.07, 6.45) is 1.28. The third-order valence-corrected chi connectivity index (χ3v) is 3.37. The number of carbonyl (C=O) groups is 1. The molecular weight excluding hydrogens is 233 g/mol. The largest absolute Gasteiger partial charge is 0.394 e. The molecule has 0 heterocycles. The van der Waals surface area contributed by atoms with Gasteiger partial charge in [-0.25, -0.2) is 4.39 Å². The number of benzene rings is 1. The van der Waals surface area contributed by atoms with Gasteiger partial charge in [-0.05, 0) is 24.5 Å². The Morgan fingerprint density at radius 2 is 1.94 bits per heavy atom. The maximum Gasteiger partial charge on any atom is 0.225 e. The highest BCUT2D eigenvalue weighted by Gasteiger charge is 2.27. The zero-order valence-electron chi connectivity index (χ0n) is 10.9. The van der Waals surface area contributed by atoms with E-state index in [1.165, 1.54) is 6.07 Å². The predicted molar refractivity (Wildman–Crippen MR) is 68.6 cm³/mol. The zero-order valence-corrected chi connectivity index (χ0v) is 10.9. The van der Waals surface area contributed by atoms with E-state index in [4.69, 9.17) is 0 Å². The summed E-state index contributed by atoms with van der Waals surface area (Å²) < 4.78 is 13.4. The highest BCUT2D eigenvalue weighted by Crippen LogP contribution is 2.15. The van der Waals surface area contributed by atoms with Crippen LogP contribution in [0.5, 0.6) is 0 Å². The molecule has 0 saturated heterocycles. The fourth-order valence-electron chi connectivity index (χ4n) is 1.84. The Balaban J connectivity index is 2.70. The molecule has 4 heteroatoms. The average molecular weight is 253 g/mol. The summed E-state index contributed by atoms with van der Waals surface area (Å²) >= 11 is 0. The van der Waals surface area contributed by atoms with Crippen LogP contribution in [0.2, 0.25) is 0 Å². The van der Waals surface area contributed by atoms with Gasteiger partial charge in [0.05, 0.1) is 18.6 Å². The number of hydrogen-bond donors (Lipinski definition) is 2. The second-order valence-electron chi connectivity index (χ2n) is 4.46. The van der Waals surface area contributed by atoms with Crippen LogP contribution in [0.25, 0.3) is 0 Å². The van der Waals surface area contributed by atoms with Crippen LogP contribution in [-0.2, 0) is 11.2 Å². The van der Waals surface area contributed by atoms with Gasteiger partial charge in [0, 0.05) is 0 Å². The molecule has 0 atom stereocenters. The molecule has 1 rings (SSSR count). The maximum absolute atomic E-state index is 13.4. The maximum atomic E-state index is 13.4. The van der Waals surface area contributed by atoms with E-state index >= 15 is 0 Å². The summed E-state index contributed by atoms with van der Waals surface area (Å²) in [4.78, 5) is 11.9. The van der Waals surface area contributed by atoms with E-state index < -0.39 is 5.54 Å². The monoisotopic (exact) mass is 253 g/mol. The Kier molecular flexibility index (Phi) is 5.28. The summed E-state index contributed by atoms with van der Waals surface area (Å²) in [5, 5.41) is 12.2. The molecule has 0 saturated carbocycles. The molecule has 100 valence electrons.